The number of amides is 2. The van der Waals surface area contributed by atoms with Gasteiger partial charge in [-0.15, -0.1) is 0 Å². The first-order valence-electron chi connectivity index (χ1n) is 8.57. The second-order valence-electron chi connectivity index (χ2n) is 6.47. The third kappa shape index (κ3) is 4.01. The van der Waals surface area contributed by atoms with Crippen molar-refractivity contribution in [3.05, 3.63) is 47.0 Å². The lowest BCUT2D eigenvalue weighted by Crippen LogP contribution is -2.30. The number of halogens is 1. The number of ether oxygens (including phenoxy) is 2. The summed E-state index contributed by atoms with van der Waals surface area (Å²) < 4.78 is 35.8. The van der Waals surface area contributed by atoms with Crippen molar-refractivity contribution in [2.24, 2.45) is 5.92 Å². The van der Waals surface area contributed by atoms with Crippen LogP contribution in [0.5, 0.6) is 11.5 Å². The van der Waals surface area contributed by atoms with Crippen LogP contribution in [0.2, 0.25) is 5.02 Å². The first kappa shape index (κ1) is 20.9. The number of sulfonamides is 1. The molecule has 0 spiro atoms. The Morgan fingerprint density at radius 2 is 1.83 bits per heavy atom. The molecular formula is C19H19ClN2O6S. The highest BCUT2D eigenvalue weighted by Gasteiger charge is 2.43. The number of carbonyl (C=O) groups is 2. The minimum Gasteiger partial charge on any atom is -0.493 e. The standard InChI is InChI=1S/C19H19ClN2O6S/c1-11-10-29(25,26)22(19(11)24)15-8-12(4-6-14(15)20)18(23)21-13-5-7-16(27-2)17(9-13)28-3/h4-9,11H,10H2,1-3H3,(H,21,23). The molecule has 154 valence electrons. The van der Waals surface area contributed by atoms with E-state index in [1.807, 2.05) is 0 Å². The van der Waals surface area contributed by atoms with Crippen LogP contribution in [0.4, 0.5) is 11.4 Å². The predicted octanol–water partition coefficient (Wildman–Crippen LogP) is 2.92. The highest BCUT2D eigenvalue weighted by atomic mass is 35.5. The first-order valence-corrected chi connectivity index (χ1v) is 10.6. The largest absolute Gasteiger partial charge is 0.493 e. The topological polar surface area (TPSA) is 102 Å². The summed E-state index contributed by atoms with van der Waals surface area (Å²) >= 11 is 6.13. The first-order chi connectivity index (χ1) is 13.7. The SMILES string of the molecule is COc1ccc(NC(=O)c2ccc(Cl)c(N3C(=O)C(C)CS3(=O)=O)c2)cc1OC. The lowest BCUT2D eigenvalue weighted by atomic mass is 10.1. The van der Waals surface area contributed by atoms with E-state index >= 15 is 0 Å². The summed E-state index contributed by atoms with van der Waals surface area (Å²) in [7, 11) is -0.866. The molecule has 2 amide bonds. The van der Waals surface area contributed by atoms with Gasteiger partial charge in [0.1, 0.15) is 0 Å². The van der Waals surface area contributed by atoms with Gasteiger partial charge in [0.15, 0.2) is 11.5 Å². The number of carbonyl (C=O) groups excluding carboxylic acids is 2. The molecule has 1 N–H and O–H groups in total. The second kappa shape index (κ2) is 7.92. The van der Waals surface area contributed by atoms with E-state index in [-0.39, 0.29) is 22.0 Å². The maximum Gasteiger partial charge on any atom is 0.255 e. The summed E-state index contributed by atoms with van der Waals surface area (Å²) in [6.45, 7) is 1.53. The summed E-state index contributed by atoms with van der Waals surface area (Å²) in [5.74, 6) is -1.13. The molecule has 1 atom stereocenters. The Balaban J connectivity index is 1.92. The Hall–Kier alpha value is -2.78. The molecule has 0 aliphatic carbocycles. The number of methoxy groups -OCH3 is 2. The molecule has 10 heteroatoms. The predicted molar refractivity (Wildman–Crippen MR) is 109 cm³/mol. The summed E-state index contributed by atoms with van der Waals surface area (Å²) in [5, 5.41) is 2.75. The van der Waals surface area contributed by atoms with E-state index in [0.29, 0.717) is 21.5 Å². The van der Waals surface area contributed by atoms with Gasteiger partial charge in [0, 0.05) is 17.3 Å². The fourth-order valence-corrected chi connectivity index (χ4v) is 5.07. The van der Waals surface area contributed by atoms with Gasteiger partial charge in [0.25, 0.3) is 5.91 Å². The van der Waals surface area contributed by atoms with Crippen LogP contribution < -0.4 is 19.1 Å². The van der Waals surface area contributed by atoms with E-state index in [2.05, 4.69) is 5.32 Å². The third-order valence-corrected chi connectivity index (χ3v) is 6.60. The van der Waals surface area contributed by atoms with Crippen LogP contribution in [-0.4, -0.2) is 40.2 Å². The molecule has 2 aromatic rings. The Morgan fingerprint density at radius 3 is 2.41 bits per heavy atom. The molecule has 2 aromatic carbocycles. The highest BCUT2D eigenvalue weighted by molar-refractivity contribution is 7.94. The van der Waals surface area contributed by atoms with Crippen LogP contribution in [0.3, 0.4) is 0 Å². The summed E-state index contributed by atoms with van der Waals surface area (Å²) in [4.78, 5) is 25.0. The maximum absolute atomic E-state index is 12.7. The van der Waals surface area contributed by atoms with Crippen molar-refractivity contribution < 1.29 is 27.5 Å². The van der Waals surface area contributed by atoms with Gasteiger partial charge in [-0.1, -0.05) is 18.5 Å². The van der Waals surface area contributed by atoms with Crippen molar-refractivity contribution in [2.75, 3.05) is 29.6 Å². The molecule has 1 aliphatic rings. The van der Waals surface area contributed by atoms with E-state index in [9.17, 15) is 18.0 Å². The van der Waals surface area contributed by atoms with Gasteiger partial charge in [-0.05, 0) is 30.3 Å². The molecular weight excluding hydrogens is 420 g/mol. The summed E-state index contributed by atoms with van der Waals surface area (Å²) in [6.07, 6.45) is 0. The van der Waals surface area contributed by atoms with Crippen LogP contribution >= 0.6 is 11.6 Å². The molecule has 0 bridgehead atoms. The van der Waals surface area contributed by atoms with Gasteiger partial charge >= 0.3 is 0 Å². The number of benzene rings is 2. The molecule has 0 radical (unpaired) electrons. The minimum atomic E-state index is -3.84. The van der Waals surface area contributed by atoms with Crippen molar-refractivity contribution >= 4 is 44.8 Å². The fourth-order valence-electron chi connectivity index (χ4n) is 2.99. The summed E-state index contributed by atoms with van der Waals surface area (Å²) in [5.41, 5.74) is 0.547. The second-order valence-corrected chi connectivity index (χ2v) is 8.74. The van der Waals surface area contributed by atoms with Gasteiger partial charge in [-0.25, -0.2) is 12.7 Å². The average molecular weight is 439 g/mol. The third-order valence-electron chi connectivity index (χ3n) is 4.43. The monoisotopic (exact) mass is 438 g/mol. The number of nitrogens with one attached hydrogen (secondary N) is 1. The molecule has 0 saturated carbocycles. The Labute approximate surface area is 173 Å². The molecule has 1 unspecified atom stereocenters. The molecule has 29 heavy (non-hydrogen) atoms. The quantitative estimate of drug-likeness (QED) is 0.770. The zero-order chi connectivity index (χ0) is 21.3. The zero-order valence-electron chi connectivity index (χ0n) is 15.9. The van der Waals surface area contributed by atoms with E-state index in [1.54, 1.807) is 18.2 Å². The number of anilines is 2. The van der Waals surface area contributed by atoms with E-state index in [4.69, 9.17) is 21.1 Å². The average Bonchev–Trinajstić information content (AvgIpc) is 2.88. The van der Waals surface area contributed by atoms with E-state index in [1.165, 1.54) is 39.3 Å². The number of nitrogens with zero attached hydrogens (tertiary/aromatic N) is 1. The van der Waals surface area contributed by atoms with Crippen LogP contribution in [0.15, 0.2) is 36.4 Å². The fraction of sp³-hybridized carbons (Fsp3) is 0.263. The molecule has 3 rings (SSSR count). The minimum absolute atomic E-state index is 0.0408. The highest BCUT2D eigenvalue weighted by Crippen LogP contribution is 2.35. The molecule has 0 aromatic heterocycles. The van der Waals surface area contributed by atoms with Crippen LogP contribution in [0.25, 0.3) is 0 Å². The van der Waals surface area contributed by atoms with Crippen molar-refractivity contribution in [2.45, 2.75) is 6.92 Å². The number of hydrogen-bond acceptors (Lipinski definition) is 6. The van der Waals surface area contributed by atoms with Crippen molar-refractivity contribution in [1.29, 1.82) is 0 Å². The molecule has 1 saturated heterocycles. The van der Waals surface area contributed by atoms with Gasteiger partial charge in [0.05, 0.1) is 36.6 Å². The Bertz CT molecular complexity index is 1090. The normalized spacial score (nSPS) is 17.9. The van der Waals surface area contributed by atoms with Gasteiger partial charge in [0.2, 0.25) is 15.9 Å². The maximum atomic E-state index is 12.7. The number of hydrogen-bond donors (Lipinski definition) is 1. The van der Waals surface area contributed by atoms with Crippen LogP contribution in [-0.2, 0) is 14.8 Å². The van der Waals surface area contributed by atoms with Crippen molar-refractivity contribution in [3.8, 4) is 11.5 Å². The van der Waals surface area contributed by atoms with E-state index in [0.717, 1.165) is 0 Å². The van der Waals surface area contributed by atoms with Gasteiger partial charge in [-0.3, -0.25) is 9.59 Å². The molecule has 1 fully saturated rings. The summed E-state index contributed by atoms with van der Waals surface area (Å²) in [6, 6.07) is 8.96. The van der Waals surface area contributed by atoms with Crippen molar-refractivity contribution in [1.82, 2.24) is 0 Å². The van der Waals surface area contributed by atoms with Crippen LogP contribution in [0.1, 0.15) is 17.3 Å². The smallest absolute Gasteiger partial charge is 0.255 e. The van der Waals surface area contributed by atoms with Crippen molar-refractivity contribution in [3.63, 3.8) is 0 Å². The lowest BCUT2D eigenvalue weighted by Gasteiger charge is -2.18. The number of rotatable bonds is 5. The Morgan fingerprint density at radius 1 is 1.14 bits per heavy atom. The van der Waals surface area contributed by atoms with Gasteiger partial charge < -0.3 is 14.8 Å². The van der Waals surface area contributed by atoms with Crippen LogP contribution in [0, 0.1) is 5.92 Å². The molecule has 1 heterocycles. The van der Waals surface area contributed by atoms with E-state index < -0.39 is 27.8 Å². The zero-order valence-corrected chi connectivity index (χ0v) is 17.5. The Kier molecular flexibility index (Phi) is 5.72. The van der Waals surface area contributed by atoms with Gasteiger partial charge in [-0.2, -0.15) is 0 Å². The molecule has 8 nitrogen and oxygen atoms in total. The lowest BCUT2D eigenvalue weighted by molar-refractivity contribution is -0.119. The molecule has 1 aliphatic heterocycles.